The first-order valence-corrected chi connectivity index (χ1v) is 11.5. The molecule has 0 radical (unpaired) electrons. The Bertz CT molecular complexity index is 1350. The molecule has 0 fully saturated rings. The molecule has 0 aliphatic heterocycles. The summed E-state index contributed by atoms with van der Waals surface area (Å²) in [6.45, 7) is 1.95. The van der Waals surface area contributed by atoms with E-state index in [2.05, 4.69) is 10.3 Å². The number of benzene rings is 2. The minimum Gasteiger partial charge on any atom is -0.493 e. The van der Waals surface area contributed by atoms with E-state index in [-0.39, 0.29) is 11.5 Å². The molecular formula is C23H21N3O4S2. The molecule has 2 aromatic heterocycles. The molecule has 1 N–H and O–H groups in total. The predicted molar refractivity (Wildman–Crippen MR) is 128 cm³/mol. The highest BCUT2D eigenvalue weighted by atomic mass is 32.2. The van der Waals surface area contributed by atoms with Crippen molar-refractivity contribution >= 4 is 39.7 Å². The van der Waals surface area contributed by atoms with Crippen LogP contribution in [0.25, 0.3) is 4.96 Å². The van der Waals surface area contributed by atoms with E-state index < -0.39 is 0 Å². The Kier molecular flexibility index (Phi) is 6.48. The molecule has 1 amide bonds. The topological polar surface area (TPSA) is 81.9 Å². The minimum atomic E-state index is -0.258. The second kappa shape index (κ2) is 9.46. The van der Waals surface area contributed by atoms with Gasteiger partial charge in [-0.15, -0.1) is 23.1 Å². The lowest BCUT2D eigenvalue weighted by atomic mass is 10.2. The molecule has 4 rings (SSSR count). The highest BCUT2D eigenvalue weighted by Crippen LogP contribution is 2.31. The Morgan fingerprint density at radius 1 is 1.12 bits per heavy atom. The Balaban J connectivity index is 1.52. The quantitative estimate of drug-likeness (QED) is 0.399. The molecule has 164 valence electrons. The van der Waals surface area contributed by atoms with Crippen molar-refractivity contribution in [1.82, 2.24) is 9.38 Å². The number of anilines is 1. The number of rotatable bonds is 7. The van der Waals surface area contributed by atoms with Crippen molar-refractivity contribution in [3.05, 3.63) is 81.2 Å². The molecular weight excluding hydrogens is 446 g/mol. The molecule has 2 heterocycles. The van der Waals surface area contributed by atoms with E-state index in [1.807, 2.05) is 31.2 Å². The van der Waals surface area contributed by atoms with Gasteiger partial charge in [0.2, 0.25) is 0 Å². The maximum Gasteiger partial charge on any atom is 0.258 e. The lowest BCUT2D eigenvalue weighted by Gasteiger charge is -2.12. The van der Waals surface area contributed by atoms with Crippen LogP contribution in [0.1, 0.15) is 20.9 Å². The number of hydrogen-bond acceptors (Lipinski definition) is 7. The molecule has 2 aromatic carbocycles. The van der Waals surface area contributed by atoms with Crippen LogP contribution in [0.4, 0.5) is 5.69 Å². The van der Waals surface area contributed by atoms with Crippen molar-refractivity contribution in [3.63, 3.8) is 0 Å². The van der Waals surface area contributed by atoms with Crippen molar-refractivity contribution < 1.29 is 14.3 Å². The number of ether oxygens (including phenoxy) is 2. The Morgan fingerprint density at radius 3 is 2.69 bits per heavy atom. The third-order valence-corrected chi connectivity index (χ3v) is 6.70. The summed E-state index contributed by atoms with van der Waals surface area (Å²) >= 11 is 2.99. The Morgan fingerprint density at radius 2 is 1.91 bits per heavy atom. The Hall–Kier alpha value is -3.30. The summed E-state index contributed by atoms with van der Waals surface area (Å²) in [6.07, 6.45) is 1.80. The second-order valence-electron chi connectivity index (χ2n) is 6.89. The van der Waals surface area contributed by atoms with Crippen LogP contribution in [0.5, 0.6) is 11.5 Å². The zero-order valence-electron chi connectivity index (χ0n) is 17.7. The largest absolute Gasteiger partial charge is 0.493 e. The summed E-state index contributed by atoms with van der Waals surface area (Å²) in [5, 5.41) is 2.96. The molecule has 0 spiro atoms. The number of thioether (sulfide) groups is 1. The summed E-state index contributed by atoms with van der Waals surface area (Å²) in [5.74, 6) is 1.29. The fraction of sp³-hybridized carbons (Fsp3) is 0.174. The average Bonchev–Trinajstić information content (AvgIpc) is 3.18. The smallest absolute Gasteiger partial charge is 0.258 e. The molecule has 0 aliphatic carbocycles. The van der Waals surface area contributed by atoms with Gasteiger partial charge in [0.05, 0.1) is 25.6 Å². The molecule has 32 heavy (non-hydrogen) atoms. The third kappa shape index (κ3) is 4.63. The maximum absolute atomic E-state index is 12.8. The van der Waals surface area contributed by atoms with Crippen LogP contribution in [0.15, 0.2) is 64.4 Å². The number of aromatic nitrogens is 2. The number of amides is 1. The maximum atomic E-state index is 12.8. The van der Waals surface area contributed by atoms with Gasteiger partial charge in [-0.25, -0.2) is 4.98 Å². The summed E-state index contributed by atoms with van der Waals surface area (Å²) in [4.78, 5) is 32.4. The number of aryl methyl sites for hydroxylation is 1. The normalized spacial score (nSPS) is 10.8. The van der Waals surface area contributed by atoms with Crippen LogP contribution >= 0.6 is 23.1 Å². The molecule has 0 atom stereocenters. The number of hydrogen-bond donors (Lipinski definition) is 1. The van der Waals surface area contributed by atoms with Crippen molar-refractivity contribution in [3.8, 4) is 11.5 Å². The number of methoxy groups -OCH3 is 2. The van der Waals surface area contributed by atoms with Gasteiger partial charge in [0.25, 0.3) is 11.5 Å². The Labute approximate surface area is 193 Å². The minimum absolute atomic E-state index is 0.0926. The van der Waals surface area contributed by atoms with E-state index >= 15 is 0 Å². The number of para-hydroxylation sites is 1. The fourth-order valence-electron chi connectivity index (χ4n) is 3.15. The first-order chi connectivity index (χ1) is 15.5. The van der Waals surface area contributed by atoms with E-state index in [1.165, 1.54) is 30.2 Å². The van der Waals surface area contributed by atoms with Crippen LogP contribution in [0.3, 0.4) is 0 Å². The zero-order chi connectivity index (χ0) is 22.7. The van der Waals surface area contributed by atoms with Gasteiger partial charge in [0, 0.05) is 33.4 Å². The average molecular weight is 468 g/mol. The zero-order valence-corrected chi connectivity index (χ0v) is 19.4. The van der Waals surface area contributed by atoms with Crippen molar-refractivity contribution in [1.29, 1.82) is 0 Å². The summed E-state index contributed by atoms with van der Waals surface area (Å²) in [5.41, 5.74) is 1.74. The molecule has 0 saturated heterocycles. The van der Waals surface area contributed by atoms with Crippen molar-refractivity contribution in [2.45, 2.75) is 17.6 Å². The number of nitrogens with zero attached hydrogens (tertiary/aromatic N) is 2. The highest BCUT2D eigenvalue weighted by Gasteiger charge is 2.13. The first kappa shape index (κ1) is 21.9. The van der Waals surface area contributed by atoms with E-state index in [0.717, 1.165) is 9.77 Å². The summed E-state index contributed by atoms with van der Waals surface area (Å²) < 4.78 is 12.1. The van der Waals surface area contributed by atoms with E-state index in [9.17, 15) is 9.59 Å². The lowest BCUT2D eigenvalue weighted by molar-refractivity contribution is 0.102. The monoisotopic (exact) mass is 467 g/mol. The first-order valence-electron chi connectivity index (χ1n) is 9.72. The molecule has 0 saturated carbocycles. The molecule has 4 aromatic rings. The standard InChI is InChI=1S/C23H21N3O4S2/c1-14-12-26-21(27)11-16(24-23(26)32-14)13-31-20-7-5-4-6-17(20)25-22(28)15-8-9-18(29-2)19(10-15)30-3/h4-12H,13H2,1-3H3,(H,25,28). The SMILES string of the molecule is COc1ccc(C(=O)Nc2ccccc2SCc2cc(=O)n3cc(C)sc3n2)cc1OC. The fourth-order valence-corrected chi connectivity index (χ4v) is 4.90. The van der Waals surface area contributed by atoms with E-state index in [1.54, 1.807) is 42.0 Å². The van der Waals surface area contributed by atoms with Crippen LogP contribution < -0.4 is 20.3 Å². The number of fused-ring (bicyclic) bond motifs is 1. The lowest BCUT2D eigenvalue weighted by Crippen LogP contribution is -2.13. The van der Waals surface area contributed by atoms with E-state index in [0.29, 0.717) is 39.2 Å². The van der Waals surface area contributed by atoms with E-state index in [4.69, 9.17) is 9.47 Å². The summed E-state index contributed by atoms with van der Waals surface area (Å²) in [6, 6.07) is 14.1. The number of nitrogens with one attached hydrogen (secondary N) is 1. The highest BCUT2D eigenvalue weighted by molar-refractivity contribution is 7.98. The van der Waals surface area contributed by atoms with Gasteiger partial charge < -0.3 is 14.8 Å². The van der Waals surface area contributed by atoms with Gasteiger partial charge in [0.1, 0.15) is 0 Å². The van der Waals surface area contributed by atoms with Gasteiger partial charge in [-0.05, 0) is 37.3 Å². The van der Waals surface area contributed by atoms with Crippen LogP contribution in [-0.2, 0) is 5.75 Å². The molecule has 0 bridgehead atoms. The molecule has 0 unspecified atom stereocenters. The molecule has 7 nitrogen and oxygen atoms in total. The summed E-state index contributed by atoms with van der Waals surface area (Å²) in [7, 11) is 3.08. The van der Waals surface area contributed by atoms with Crippen LogP contribution in [0.2, 0.25) is 0 Å². The van der Waals surface area contributed by atoms with Gasteiger partial charge >= 0.3 is 0 Å². The van der Waals surface area contributed by atoms with Gasteiger partial charge in [0.15, 0.2) is 16.5 Å². The van der Waals surface area contributed by atoms with Gasteiger partial charge in [-0.1, -0.05) is 12.1 Å². The second-order valence-corrected chi connectivity index (χ2v) is 9.12. The van der Waals surface area contributed by atoms with Crippen LogP contribution in [0, 0.1) is 6.92 Å². The molecule has 9 heteroatoms. The number of carbonyl (C=O) groups excluding carboxylic acids is 1. The molecule has 0 aliphatic rings. The van der Waals surface area contributed by atoms with Gasteiger partial charge in [-0.2, -0.15) is 0 Å². The predicted octanol–water partition coefficient (Wildman–Crippen LogP) is 4.63. The van der Waals surface area contributed by atoms with Gasteiger partial charge in [-0.3, -0.25) is 14.0 Å². The van der Waals surface area contributed by atoms with Crippen molar-refractivity contribution in [2.24, 2.45) is 0 Å². The van der Waals surface area contributed by atoms with Crippen molar-refractivity contribution in [2.75, 3.05) is 19.5 Å². The number of thiazole rings is 1. The number of carbonyl (C=O) groups is 1. The van der Waals surface area contributed by atoms with Crippen LogP contribution in [-0.4, -0.2) is 29.5 Å². The third-order valence-electron chi connectivity index (χ3n) is 4.69.